The summed E-state index contributed by atoms with van der Waals surface area (Å²) in [6.07, 6.45) is 6.14. The van der Waals surface area contributed by atoms with Gasteiger partial charge in [-0.3, -0.25) is 19.3 Å². The smallest absolute Gasteiger partial charge is 0.352 e. The molecule has 0 bridgehead atoms. The topological polar surface area (TPSA) is 177 Å². The Hall–Kier alpha value is -3.29. The lowest BCUT2D eigenvalue weighted by Gasteiger charge is -2.49. The highest BCUT2D eigenvalue weighted by molar-refractivity contribution is 8.00. The minimum absolute atomic E-state index is 0. The van der Waals surface area contributed by atoms with E-state index >= 15 is 0 Å². The number of thiazole rings is 1. The Balaban J connectivity index is 0.00000289. The number of rotatable bonds is 6. The summed E-state index contributed by atoms with van der Waals surface area (Å²) >= 11 is 2.41. The monoisotopic (exact) mass is 517 g/mol. The van der Waals surface area contributed by atoms with Crippen LogP contribution in [0.5, 0.6) is 0 Å². The molecule has 1 aliphatic carbocycles. The molecule has 13 heteroatoms. The standard InChI is InChI=1S/C22H21N5O5S2.H2O/c23-22-24-13(10-34-22)17(28)18(29)25-15-19(30)27-16(21(31)32)12(9-33-20(15)27)8-26-7-3-5-11-4-1-2-6-14(11)26;/h3,5,7,10,15,20H,1-2,4,6,8-9H2,(H3-,23,24,25,29,31,32);1H2/t15-,20-;/m1./s1. The molecule has 0 saturated carbocycles. The van der Waals surface area contributed by atoms with Crippen molar-refractivity contribution in [3.8, 4) is 0 Å². The zero-order valence-electron chi connectivity index (χ0n) is 18.5. The Morgan fingerprint density at radius 1 is 1.29 bits per heavy atom. The molecule has 35 heavy (non-hydrogen) atoms. The minimum atomic E-state index is -1.18. The quantitative estimate of drug-likeness (QED) is 0.211. The van der Waals surface area contributed by atoms with E-state index in [0.29, 0.717) is 17.9 Å². The van der Waals surface area contributed by atoms with Crippen LogP contribution in [0.3, 0.4) is 0 Å². The fourth-order valence-corrected chi connectivity index (χ4v) is 6.53. The van der Waals surface area contributed by atoms with Crippen LogP contribution >= 0.6 is 23.1 Å². The fourth-order valence-electron chi connectivity index (χ4n) is 4.65. The van der Waals surface area contributed by atoms with Crippen LogP contribution in [0.1, 0.15) is 34.6 Å². The number of nitrogens with two attached hydrogens (primary N) is 1. The number of carboxylic acid groups (broad SMARTS) is 1. The number of nitrogen functional groups attached to an aromatic ring is 1. The highest BCUT2D eigenvalue weighted by Gasteiger charge is 2.55. The second-order valence-corrected chi connectivity index (χ2v) is 10.3. The van der Waals surface area contributed by atoms with E-state index in [-0.39, 0.29) is 22.0 Å². The number of carboxylic acids is 1. The number of pyridine rings is 1. The van der Waals surface area contributed by atoms with Gasteiger partial charge in [0, 0.05) is 34.8 Å². The van der Waals surface area contributed by atoms with Gasteiger partial charge in [-0.15, -0.1) is 23.1 Å². The molecule has 4 heterocycles. The van der Waals surface area contributed by atoms with E-state index in [1.165, 1.54) is 33.3 Å². The summed E-state index contributed by atoms with van der Waals surface area (Å²) in [6.45, 7) is 0.384. The molecule has 184 valence electrons. The first-order valence-corrected chi connectivity index (χ1v) is 12.7. The Morgan fingerprint density at radius 2 is 2.06 bits per heavy atom. The third-order valence-electron chi connectivity index (χ3n) is 6.25. The number of aryl methyl sites for hydroxylation is 1. The number of aromatic nitrogens is 2. The number of fused-ring (bicyclic) bond motifs is 2. The number of carbonyl (C=O) groups excluding carboxylic acids is 3. The summed E-state index contributed by atoms with van der Waals surface area (Å²) in [4.78, 5) is 54.7. The van der Waals surface area contributed by atoms with Gasteiger partial charge in [-0.25, -0.2) is 9.78 Å². The zero-order valence-corrected chi connectivity index (χ0v) is 20.1. The Bertz CT molecular complexity index is 1260. The maximum atomic E-state index is 12.9. The number of hydrogen-bond donors (Lipinski definition) is 3. The minimum Gasteiger partial charge on any atom is -0.870 e. The molecule has 11 nitrogen and oxygen atoms in total. The Kier molecular flexibility index (Phi) is 6.92. The van der Waals surface area contributed by atoms with E-state index < -0.39 is 35.0 Å². The lowest BCUT2D eigenvalue weighted by atomic mass is 9.95. The zero-order chi connectivity index (χ0) is 24.0. The number of nitrogens with one attached hydrogen (secondary N) is 1. The van der Waals surface area contributed by atoms with Crippen molar-refractivity contribution in [1.29, 1.82) is 0 Å². The average Bonchev–Trinajstić information content (AvgIpc) is 3.27. The largest absolute Gasteiger partial charge is 0.870 e. The average molecular weight is 518 g/mol. The van der Waals surface area contributed by atoms with Crippen LogP contribution in [0.15, 0.2) is 35.0 Å². The number of nitrogens with zero attached hydrogens (tertiary/aromatic N) is 3. The van der Waals surface area contributed by atoms with Crippen molar-refractivity contribution in [2.24, 2.45) is 0 Å². The summed E-state index contributed by atoms with van der Waals surface area (Å²) in [7, 11) is 0. The predicted molar refractivity (Wildman–Crippen MR) is 126 cm³/mol. The van der Waals surface area contributed by atoms with Crippen molar-refractivity contribution in [1.82, 2.24) is 15.2 Å². The molecular formula is C22H23N5O6S2. The second kappa shape index (κ2) is 9.76. The molecule has 0 aromatic carbocycles. The molecule has 1 fully saturated rings. The van der Waals surface area contributed by atoms with Crippen molar-refractivity contribution < 1.29 is 34.3 Å². The molecule has 0 radical (unpaired) electrons. The first-order valence-electron chi connectivity index (χ1n) is 10.8. The summed E-state index contributed by atoms with van der Waals surface area (Å²) in [5, 5.41) is 13.3. The summed E-state index contributed by atoms with van der Waals surface area (Å²) in [5.74, 6) is -3.19. The fraction of sp³-hybridized carbons (Fsp3) is 0.364. The Labute approximate surface area is 208 Å². The molecule has 2 aromatic rings. The second-order valence-electron chi connectivity index (χ2n) is 8.33. The maximum absolute atomic E-state index is 12.9. The van der Waals surface area contributed by atoms with Crippen LogP contribution in [0.25, 0.3) is 0 Å². The number of anilines is 1. The van der Waals surface area contributed by atoms with Gasteiger partial charge in [-0.1, -0.05) is 0 Å². The van der Waals surface area contributed by atoms with Crippen LogP contribution in [0.4, 0.5) is 5.13 Å². The highest BCUT2D eigenvalue weighted by atomic mass is 32.2. The van der Waals surface area contributed by atoms with Crippen molar-refractivity contribution in [3.05, 3.63) is 51.9 Å². The van der Waals surface area contributed by atoms with E-state index in [1.54, 1.807) is 0 Å². The number of carbonyl (C=O) groups is 4. The normalized spacial score (nSPS) is 20.8. The molecule has 5 rings (SSSR count). The molecule has 0 unspecified atom stereocenters. The molecule has 2 aromatic heterocycles. The van der Waals surface area contributed by atoms with Gasteiger partial charge >= 0.3 is 5.97 Å². The van der Waals surface area contributed by atoms with Crippen molar-refractivity contribution >= 4 is 51.8 Å². The number of amides is 2. The third-order valence-corrected chi connectivity index (χ3v) is 8.26. The van der Waals surface area contributed by atoms with Crippen LogP contribution in [-0.4, -0.2) is 61.2 Å². The van der Waals surface area contributed by atoms with Crippen LogP contribution < -0.4 is 15.6 Å². The number of hydrogen-bond acceptors (Lipinski definition) is 9. The first-order chi connectivity index (χ1) is 16.3. The van der Waals surface area contributed by atoms with Crippen LogP contribution in [-0.2, 0) is 33.8 Å². The lowest BCUT2D eigenvalue weighted by Crippen LogP contribution is -2.71. The maximum Gasteiger partial charge on any atom is 0.352 e. The number of β-lactam (4-membered cyclic amide) rings is 1. The molecule has 1 saturated heterocycles. The van der Waals surface area contributed by atoms with Crippen LogP contribution in [0, 0.1) is 0 Å². The van der Waals surface area contributed by atoms with Gasteiger partial charge in [0.2, 0.25) is 0 Å². The predicted octanol–water partition coefficient (Wildman–Crippen LogP) is 0.336. The summed E-state index contributed by atoms with van der Waals surface area (Å²) < 4.78 is 2.08. The first kappa shape index (κ1) is 24.8. The van der Waals surface area contributed by atoms with Gasteiger partial charge in [-0.05, 0) is 25.3 Å². The van der Waals surface area contributed by atoms with Gasteiger partial charge in [0.25, 0.3) is 17.6 Å². The van der Waals surface area contributed by atoms with E-state index in [0.717, 1.165) is 37.0 Å². The molecule has 2 atom stereocenters. The van der Waals surface area contributed by atoms with Gasteiger partial charge < -0.3 is 21.6 Å². The molecule has 0 spiro atoms. The molecular weight excluding hydrogens is 494 g/mol. The molecule has 2 aliphatic heterocycles. The number of aliphatic carboxylic acids is 1. The number of ketones is 1. The van der Waals surface area contributed by atoms with Gasteiger partial charge in [0.1, 0.15) is 22.8 Å². The summed E-state index contributed by atoms with van der Waals surface area (Å²) in [6, 6.07) is 3.10. The highest BCUT2D eigenvalue weighted by Crippen LogP contribution is 2.40. The lowest BCUT2D eigenvalue weighted by molar-refractivity contribution is -0.697. The van der Waals surface area contributed by atoms with Crippen molar-refractivity contribution in [3.63, 3.8) is 0 Å². The SMILES string of the molecule is Nc1nc(C(=O)C(=O)N[C@@H]2C(=O)N3C(C(=O)O)=C(C[n+]4cccc5c4CCCC5)CS[C@H]23)cs1.[OH-]. The van der Waals surface area contributed by atoms with E-state index in [9.17, 15) is 24.3 Å². The van der Waals surface area contributed by atoms with E-state index in [2.05, 4.69) is 20.9 Å². The van der Waals surface area contributed by atoms with Gasteiger partial charge in [0.05, 0.1) is 0 Å². The molecule has 2 amide bonds. The van der Waals surface area contributed by atoms with Crippen molar-refractivity contribution in [2.75, 3.05) is 11.5 Å². The molecule has 3 aliphatic rings. The van der Waals surface area contributed by atoms with Gasteiger partial charge in [0.15, 0.2) is 23.6 Å². The number of Topliss-reactive ketones (excluding diaryl/α,β-unsaturated/α-hetero) is 1. The van der Waals surface area contributed by atoms with Crippen LogP contribution in [0.2, 0.25) is 0 Å². The van der Waals surface area contributed by atoms with Gasteiger partial charge in [-0.2, -0.15) is 4.57 Å². The number of thioether (sulfide) groups is 1. The van der Waals surface area contributed by atoms with E-state index in [1.807, 2.05) is 12.3 Å². The summed E-state index contributed by atoms with van der Waals surface area (Å²) in [5.41, 5.74) is 8.51. The Morgan fingerprint density at radius 3 is 2.77 bits per heavy atom. The third kappa shape index (κ3) is 4.42. The molecule has 5 N–H and O–H groups in total. The van der Waals surface area contributed by atoms with Crippen molar-refractivity contribution in [2.45, 2.75) is 43.6 Å². The van der Waals surface area contributed by atoms with E-state index in [4.69, 9.17) is 5.73 Å².